The Labute approximate surface area is 352 Å². The van der Waals surface area contributed by atoms with Crippen LogP contribution in [0.5, 0.6) is 46.0 Å². The van der Waals surface area contributed by atoms with E-state index in [1.54, 1.807) is 6.26 Å². The fourth-order valence-electron chi connectivity index (χ4n) is 6.34. The highest BCUT2D eigenvalue weighted by atomic mass is 16.6. The minimum Gasteiger partial charge on any atom is -0.493 e. The number of hydrogen-bond donors (Lipinski definition) is 0. The topological polar surface area (TPSA) is 73.8 Å². The Morgan fingerprint density at radius 3 is 1.28 bits per heavy atom. The highest BCUT2D eigenvalue weighted by molar-refractivity contribution is 5.59. The van der Waals surface area contributed by atoms with Crippen molar-refractivity contribution in [3.63, 3.8) is 0 Å². The average molecular weight is 801 g/mol. The van der Waals surface area contributed by atoms with Crippen molar-refractivity contribution < 1.29 is 37.9 Å². The van der Waals surface area contributed by atoms with Gasteiger partial charge in [0.1, 0.15) is 61.9 Å². The molecule has 0 unspecified atom stereocenters. The SMILES string of the molecule is C1=COc2ccccc2C1.C1=COc2ccccc2O1.C1=Cc2ccccc2OC1.C1=Cc2ccccc2OC1.c1ccc2c(c1)CCCO2.c1ccc2c(c1)OCCO2. The zero-order valence-corrected chi connectivity index (χ0v) is 33.4. The first-order chi connectivity index (χ1) is 29.8. The smallest absolute Gasteiger partial charge is 0.169 e. The fraction of sp³-hybridized carbons (Fsp3) is 0.154. The van der Waals surface area contributed by atoms with E-state index in [-0.39, 0.29) is 0 Å². The number of allylic oxidation sites excluding steroid dienone is 1. The molecule has 0 bridgehead atoms. The third-order valence-corrected chi connectivity index (χ3v) is 9.27. The van der Waals surface area contributed by atoms with Gasteiger partial charge < -0.3 is 37.9 Å². The Hall–Kier alpha value is -7.32. The van der Waals surface area contributed by atoms with Gasteiger partial charge in [0.25, 0.3) is 0 Å². The molecule has 0 N–H and O–H groups in total. The molecule has 0 aromatic heterocycles. The molecule has 304 valence electrons. The highest BCUT2D eigenvalue weighted by Crippen LogP contribution is 2.30. The Bertz CT molecular complexity index is 2110. The summed E-state index contributed by atoms with van der Waals surface area (Å²) in [5.74, 6) is 7.30. The van der Waals surface area contributed by atoms with E-state index in [9.17, 15) is 0 Å². The lowest BCUT2D eigenvalue weighted by molar-refractivity contribution is 0.171. The zero-order valence-electron chi connectivity index (χ0n) is 33.4. The summed E-state index contributed by atoms with van der Waals surface area (Å²) in [6.07, 6.45) is 18.3. The number of para-hydroxylation sites is 8. The Balaban J connectivity index is 0.000000109. The van der Waals surface area contributed by atoms with Crippen molar-refractivity contribution in [2.24, 2.45) is 0 Å². The summed E-state index contributed by atoms with van der Waals surface area (Å²) in [6.45, 7) is 3.62. The normalized spacial score (nSPS) is 14.3. The molecule has 0 atom stereocenters. The van der Waals surface area contributed by atoms with E-state index >= 15 is 0 Å². The van der Waals surface area contributed by atoms with E-state index in [0.717, 1.165) is 65.4 Å². The van der Waals surface area contributed by atoms with Crippen LogP contribution in [0.3, 0.4) is 0 Å². The van der Waals surface area contributed by atoms with E-state index < -0.39 is 0 Å². The van der Waals surface area contributed by atoms with Crippen molar-refractivity contribution in [1.29, 1.82) is 0 Å². The molecular formula is C52H48O8. The molecule has 0 fully saturated rings. The van der Waals surface area contributed by atoms with Crippen LogP contribution >= 0.6 is 0 Å². The minimum atomic E-state index is 0.664. The van der Waals surface area contributed by atoms with Gasteiger partial charge in [0.2, 0.25) is 0 Å². The van der Waals surface area contributed by atoms with Crippen LogP contribution in [0.2, 0.25) is 0 Å². The molecule has 60 heavy (non-hydrogen) atoms. The van der Waals surface area contributed by atoms with Gasteiger partial charge in [-0.25, -0.2) is 0 Å². The summed E-state index contributed by atoms with van der Waals surface area (Å²) >= 11 is 0. The lowest BCUT2D eigenvalue weighted by Gasteiger charge is -2.17. The van der Waals surface area contributed by atoms with Gasteiger partial charge in [0.05, 0.1) is 12.9 Å². The second-order valence-corrected chi connectivity index (χ2v) is 13.5. The van der Waals surface area contributed by atoms with Gasteiger partial charge in [-0.05, 0) is 97.1 Å². The first kappa shape index (κ1) is 40.9. The lowest BCUT2D eigenvalue weighted by Crippen LogP contribution is -2.14. The molecule has 6 heterocycles. The molecule has 6 aromatic rings. The van der Waals surface area contributed by atoms with Crippen molar-refractivity contribution in [2.45, 2.75) is 19.3 Å². The van der Waals surface area contributed by atoms with E-state index in [2.05, 4.69) is 30.4 Å². The number of benzene rings is 6. The third kappa shape index (κ3) is 12.3. The third-order valence-electron chi connectivity index (χ3n) is 9.27. The van der Waals surface area contributed by atoms with Crippen LogP contribution < -0.4 is 37.9 Å². The predicted molar refractivity (Wildman–Crippen MR) is 236 cm³/mol. The van der Waals surface area contributed by atoms with Crippen molar-refractivity contribution in [1.82, 2.24) is 0 Å². The first-order valence-electron chi connectivity index (χ1n) is 20.1. The molecule has 0 saturated heterocycles. The monoisotopic (exact) mass is 800 g/mol. The van der Waals surface area contributed by atoms with Gasteiger partial charge >= 0.3 is 0 Å². The molecule has 6 aliphatic heterocycles. The maximum atomic E-state index is 5.42. The molecule has 0 aliphatic carbocycles. The summed E-state index contributed by atoms with van der Waals surface area (Å²) < 4.78 is 42.2. The van der Waals surface area contributed by atoms with Crippen LogP contribution in [-0.4, -0.2) is 33.0 Å². The van der Waals surface area contributed by atoms with E-state index in [1.807, 2.05) is 146 Å². The van der Waals surface area contributed by atoms with Crippen LogP contribution in [0, 0.1) is 0 Å². The van der Waals surface area contributed by atoms with Crippen LogP contribution in [0.1, 0.15) is 28.7 Å². The van der Waals surface area contributed by atoms with Crippen molar-refractivity contribution in [2.75, 3.05) is 33.0 Å². The van der Waals surface area contributed by atoms with Crippen LogP contribution in [0.4, 0.5) is 0 Å². The molecule has 0 spiro atoms. The largest absolute Gasteiger partial charge is 0.493 e. The highest BCUT2D eigenvalue weighted by Gasteiger charge is 2.09. The first-order valence-corrected chi connectivity index (χ1v) is 20.1. The van der Waals surface area contributed by atoms with Crippen LogP contribution in [0.25, 0.3) is 12.2 Å². The van der Waals surface area contributed by atoms with Crippen molar-refractivity contribution >= 4 is 12.2 Å². The molecule has 0 saturated carbocycles. The number of ether oxygens (including phenoxy) is 8. The molecular weight excluding hydrogens is 753 g/mol. The van der Waals surface area contributed by atoms with Crippen LogP contribution in [0.15, 0.2) is 183 Å². The Morgan fingerprint density at radius 2 is 0.750 bits per heavy atom. The summed E-state index contributed by atoms with van der Waals surface area (Å²) in [7, 11) is 0. The molecule has 8 heteroatoms. The minimum absolute atomic E-state index is 0.664. The number of rotatable bonds is 0. The van der Waals surface area contributed by atoms with Gasteiger partial charge in [0.15, 0.2) is 23.0 Å². The summed E-state index contributed by atoms with van der Waals surface area (Å²) in [4.78, 5) is 0. The quantitative estimate of drug-likeness (QED) is 0.150. The molecule has 6 aliphatic rings. The van der Waals surface area contributed by atoms with E-state index in [0.29, 0.717) is 26.4 Å². The Kier molecular flexibility index (Phi) is 15.4. The van der Waals surface area contributed by atoms with Crippen molar-refractivity contribution in [3.05, 3.63) is 205 Å². The number of hydrogen-bond acceptors (Lipinski definition) is 8. The maximum absolute atomic E-state index is 5.42. The fourth-order valence-corrected chi connectivity index (χ4v) is 6.34. The van der Waals surface area contributed by atoms with E-state index in [1.165, 1.54) is 41.2 Å². The summed E-state index contributed by atoms with van der Waals surface area (Å²) in [6, 6.07) is 47.6. The second kappa shape index (κ2) is 22.6. The molecule has 12 rings (SSSR count). The predicted octanol–water partition coefficient (Wildman–Crippen LogP) is 11.7. The average Bonchev–Trinajstić information content (AvgIpc) is 3.35. The summed E-state index contributed by atoms with van der Waals surface area (Å²) in [5.41, 5.74) is 4.97. The van der Waals surface area contributed by atoms with E-state index in [4.69, 9.17) is 37.9 Å². The summed E-state index contributed by atoms with van der Waals surface area (Å²) in [5, 5.41) is 0. The standard InChI is InChI=1S/C9H10O.3C9H8O.C8H8O2.C8H6O2/c4*1-2-6-9-8(4-1)5-3-7-10-9;2*1-2-4-8-7(3-1)9-5-6-10-8/h1-2,4,6H,3,5,7H2;1-4,6-7H,5H2;2*1-6H,7H2;1-4H,5-6H2;1-6H. The van der Waals surface area contributed by atoms with Gasteiger partial charge in [-0.3, -0.25) is 0 Å². The van der Waals surface area contributed by atoms with Gasteiger partial charge in [-0.2, -0.15) is 0 Å². The molecule has 8 nitrogen and oxygen atoms in total. The number of fused-ring (bicyclic) bond motifs is 6. The second-order valence-electron chi connectivity index (χ2n) is 13.5. The number of aryl methyl sites for hydroxylation is 1. The molecule has 0 amide bonds. The van der Waals surface area contributed by atoms with Crippen LogP contribution in [-0.2, 0) is 12.8 Å². The molecule has 6 aromatic carbocycles. The van der Waals surface area contributed by atoms with Gasteiger partial charge in [-0.15, -0.1) is 0 Å². The van der Waals surface area contributed by atoms with Gasteiger partial charge in [0, 0.05) is 11.1 Å². The maximum Gasteiger partial charge on any atom is 0.169 e. The lowest BCUT2D eigenvalue weighted by atomic mass is 10.1. The molecule has 0 radical (unpaired) electrons. The van der Waals surface area contributed by atoms with Crippen molar-refractivity contribution in [3.8, 4) is 46.0 Å². The zero-order chi connectivity index (χ0) is 40.9. The van der Waals surface area contributed by atoms with Gasteiger partial charge in [-0.1, -0.05) is 109 Å². The Morgan fingerprint density at radius 1 is 0.317 bits per heavy atom.